The molecule has 0 saturated carbocycles. The van der Waals surface area contributed by atoms with Crippen LogP contribution in [-0.2, 0) is 11.3 Å². The molecule has 6 heteroatoms. The number of H-pyrrole nitrogens is 1. The highest BCUT2D eigenvalue weighted by molar-refractivity contribution is 6.03. The zero-order valence-corrected chi connectivity index (χ0v) is 13.9. The number of aromatic amines is 1. The zero-order valence-electron chi connectivity index (χ0n) is 13.9. The number of halogens is 2. The van der Waals surface area contributed by atoms with Crippen molar-refractivity contribution in [3.8, 4) is 0 Å². The molecule has 1 aromatic heterocycles. The molecule has 1 atom stereocenters. The van der Waals surface area contributed by atoms with Crippen LogP contribution in [0.5, 0.6) is 0 Å². The summed E-state index contributed by atoms with van der Waals surface area (Å²) in [7, 11) is 0. The van der Waals surface area contributed by atoms with Crippen LogP contribution in [0, 0.1) is 17.6 Å². The first-order valence-corrected chi connectivity index (χ1v) is 8.35. The first-order chi connectivity index (χ1) is 12.6. The van der Waals surface area contributed by atoms with E-state index in [1.807, 2.05) is 30.4 Å². The third-order valence-corrected chi connectivity index (χ3v) is 4.65. The van der Waals surface area contributed by atoms with Gasteiger partial charge in [0.15, 0.2) is 0 Å². The Balaban J connectivity index is 1.51. The van der Waals surface area contributed by atoms with Gasteiger partial charge in [-0.2, -0.15) is 0 Å². The number of amides is 1. The normalized spacial score (nSPS) is 20.5. The van der Waals surface area contributed by atoms with Crippen molar-refractivity contribution < 1.29 is 13.6 Å². The summed E-state index contributed by atoms with van der Waals surface area (Å²) in [5.41, 5.74) is 3.20. The quantitative estimate of drug-likeness (QED) is 0.738. The minimum Gasteiger partial charge on any atom is -0.384 e. The molecule has 1 fully saturated rings. The van der Waals surface area contributed by atoms with E-state index in [9.17, 15) is 13.6 Å². The third-order valence-electron chi connectivity index (χ3n) is 4.65. The van der Waals surface area contributed by atoms with Crippen LogP contribution in [0.3, 0.4) is 0 Å². The molecule has 2 aromatic rings. The van der Waals surface area contributed by atoms with Crippen LogP contribution in [0.1, 0.15) is 17.7 Å². The predicted molar refractivity (Wildman–Crippen MR) is 94.4 cm³/mol. The summed E-state index contributed by atoms with van der Waals surface area (Å²) in [5, 5.41) is 5.97. The van der Waals surface area contributed by atoms with Gasteiger partial charge in [-0.25, -0.2) is 8.78 Å². The van der Waals surface area contributed by atoms with Gasteiger partial charge >= 0.3 is 0 Å². The maximum absolute atomic E-state index is 13.8. The van der Waals surface area contributed by atoms with E-state index in [0.717, 1.165) is 17.1 Å². The third kappa shape index (κ3) is 3.06. The molecule has 2 heterocycles. The van der Waals surface area contributed by atoms with Gasteiger partial charge in [0.05, 0.1) is 0 Å². The van der Waals surface area contributed by atoms with Gasteiger partial charge in [0.25, 0.3) is 5.91 Å². The second-order valence-corrected chi connectivity index (χ2v) is 6.30. The molecule has 4 nitrogen and oxygen atoms in total. The Morgan fingerprint density at radius 1 is 1.15 bits per heavy atom. The highest BCUT2D eigenvalue weighted by Gasteiger charge is 2.34. The maximum atomic E-state index is 13.8. The lowest BCUT2D eigenvalue weighted by Gasteiger charge is -2.20. The monoisotopic (exact) mass is 353 g/mol. The van der Waals surface area contributed by atoms with Gasteiger partial charge in [0, 0.05) is 46.9 Å². The molecule has 3 N–H and O–H groups in total. The van der Waals surface area contributed by atoms with Gasteiger partial charge in [-0.3, -0.25) is 4.79 Å². The first kappa shape index (κ1) is 16.3. The zero-order chi connectivity index (χ0) is 18.1. The standard InChI is InChI=1S/C20H17F2N3O/c21-17-4-1-5-18(22)16(17)11-24-13-6-7-19-14(9-13)15(20(26)25-19)10-12-3-2-8-23-12/h1-8,10,14,23-24H,9,11H2,(H,25,26)/b15-10-. The van der Waals surface area contributed by atoms with E-state index >= 15 is 0 Å². The minimum atomic E-state index is -0.574. The summed E-state index contributed by atoms with van der Waals surface area (Å²) in [6, 6.07) is 7.58. The molecular formula is C20H17F2N3O. The van der Waals surface area contributed by atoms with Crippen molar-refractivity contribution in [1.82, 2.24) is 15.6 Å². The van der Waals surface area contributed by atoms with Crippen LogP contribution in [-0.4, -0.2) is 10.9 Å². The van der Waals surface area contributed by atoms with Crippen LogP contribution < -0.4 is 10.6 Å². The Morgan fingerprint density at radius 3 is 2.69 bits per heavy atom. The molecule has 1 unspecified atom stereocenters. The van der Waals surface area contributed by atoms with Gasteiger partial charge in [-0.1, -0.05) is 6.07 Å². The topological polar surface area (TPSA) is 56.9 Å². The van der Waals surface area contributed by atoms with E-state index in [4.69, 9.17) is 0 Å². The minimum absolute atomic E-state index is 0.00551. The van der Waals surface area contributed by atoms with Crippen molar-refractivity contribution in [3.05, 3.63) is 88.5 Å². The maximum Gasteiger partial charge on any atom is 0.252 e. The summed E-state index contributed by atoms with van der Waals surface area (Å²) in [6.45, 7) is 0.0529. The molecule has 1 saturated heterocycles. The van der Waals surface area contributed by atoms with Crippen molar-refractivity contribution in [3.63, 3.8) is 0 Å². The number of hydrogen-bond donors (Lipinski definition) is 3. The lowest BCUT2D eigenvalue weighted by Crippen LogP contribution is -2.20. The number of rotatable bonds is 4. The van der Waals surface area contributed by atoms with Gasteiger partial charge in [-0.05, 0) is 48.9 Å². The molecule has 0 bridgehead atoms. The Kier molecular flexibility index (Phi) is 4.16. The molecule has 0 radical (unpaired) electrons. The Hall–Kier alpha value is -3.15. The van der Waals surface area contributed by atoms with Crippen molar-refractivity contribution in [2.24, 2.45) is 5.92 Å². The lowest BCUT2D eigenvalue weighted by molar-refractivity contribution is -0.115. The average Bonchev–Trinajstić information content (AvgIpc) is 3.23. The lowest BCUT2D eigenvalue weighted by atomic mass is 9.90. The number of aromatic nitrogens is 1. The molecule has 0 spiro atoms. The number of carbonyl (C=O) groups excluding carboxylic acids is 1. The second-order valence-electron chi connectivity index (χ2n) is 6.30. The van der Waals surface area contributed by atoms with E-state index in [2.05, 4.69) is 15.6 Å². The highest BCUT2D eigenvalue weighted by atomic mass is 19.1. The number of carbonyl (C=O) groups is 1. The van der Waals surface area contributed by atoms with Crippen molar-refractivity contribution in [1.29, 1.82) is 0 Å². The number of fused-ring (bicyclic) bond motifs is 1. The summed E-state index contributed by atoms with van der Waals surface area (Å²) in [6.07, 6.45) is 7.87. The van der Waals surface area contributed by atoms with Gasteiger partial charge in [-0.15, -0.1) is 0 Å². The van der Waals surface area contributed by atoms with Gasteiger partial charge in [0.1, 0.15) is 11.6 Å². The molecule has 2 aliphatic rings. The Morgan fingerprint density at radius 2 is 1.96 bits per heavy atom. The molecule has 1 aliphatic heterocycles. The number of nitrogens with one attached hydrogen (secondary N) is 3. The van der Waals surface area contributed by atoms with Gasteiger partial charge in [0.2, 0.25) is 0 Å². The van der Waals surface area contributed by atoms with E-state index in [1.54, 1.807) is 6.20 Å². The molecule has 26 heavy (non-hydrogen) atoms. The van der Waals surface area contributed by atoms with Crippen LogP contribution >= 0.6 is 0 Å². The molecule has 4 rings (SSSR count). The smallest absolute Gasteiger partial charge is 0.252 e. The van der Waals surface area contributed by atoms with Crippen LogP contribution in [0.25, 0.3) is 6.08 Å². The van der Waals surface area contributed by atoms with Gasteiger partial charge < -0.3 is 15.6 Å². The predicted octanol–water partition coefficient (Wildman–Crippen LogP) is 3.38. The number of hydrogen-bond acceptors (Lipinski definition) is 2. The molecule has 1 aliphatic carbocycles. The van der Waals surface area contributed by atoms with E-state index < -0.39 is 11.6 Å². The Labute approximate surface area is 149 Å². The van der Waals surface area contributed by atoms with E-state index in [-0.39, 0.29) is 23.9 Å². The van der Waals surface area contributed by atoms with Crippen molar-refractivity contribution in [2.75, 3.05) is 0 Å². The van der Waals surface area contributed by atoms with Crippen molar-refractivity contribution in [2.45, 2.75) is 13.0 Å². The van der Waals surface area contributed by atoms with Crippen LogP contribution in [0.15, 0.2) is 65.6 Å². The first-order valence-electron chi connectivity index (χ1n) is 8.35. The van der Waals surface area contributed by atoms with E-state index in [1.165, 1.54) is 18.2 Å². The average molecular weight is 353 g/mol. The number of allylic oxidation sites excluding steroid dienone is 4. The summed E-state index contributed by atoms with van der Waals surface area (Å²) in [4.78, 5) is 15.3. The summed E-state index contributed by atoms with van der Waals surface area (Å²) >= 11 is 0. The molecular weight excluding hydrogens is 336 g/mol. The van der Waals surface area contributed by atoms with Crippen molar-refractivity contribution >= 4 is 12.0 Å². The fourth-order valence-corrected chi connectivity index (χ4v) is 3.27. The fourth-order valence-electron chi connectivity index (χ4n) is 3.27. The summed E-state index contributed by atoms with van der Waals surface area (Å²) < 4.78 is 27.5. The molecule has 1 aromatic carbocycles. The Bertz CT molecular complexity index is 922. The van der Waals surface area contributed by atoms with E-state index in [0.29, 0.717) is 12.0 Å². The highest BCUT2D eigenvalue weighted by Crippen LogP contribution is 2.35. The SMILES string of the molecule is O=C1NC2=CC=C(NCc3c(F)cccc3F)CC2/C1=C/c1ccc[nH]1. The molecule has 132 valence electrons. The fraction of sp³-hybridized carbons (Fsp3) is 0.150. The number of benzene rings is 1. The molecule has 1 amide bonds. The second kappa shape index (κ2) is 6.63. The van der Waals surface area contributed by atoms with Crippen LogP contribution in [0.4, 0.5) is 8.78 Å². The largest absolute Gasteiger partial charge is 0.384 e. The summed E-state index contributed by atoms with van der Waals surface area (Å²) in [5.74, 6) is -1.36. The van der Waals surface area contributed by atoms with Crippen LogP contribution in [0.2, 0.25) is 0 Å².